The second-order valence-electron chi connectivity index (χ2n) is 16.8. The highest BCUT2D eigenvalue weighted by Crippen LogP contribution is 2.22. The molecule has 0 saturated carbocycles. The Balaban J connectivity index is 2.29. The van der Waals surface area contributed by atoms with Gasteiger partial charge in [-0.25, -0.2) is 0 Å². The van der Waals surface area contributed by atoms with Gasteiger partial charge in [0.1, 0.15) is 30.5 Å². The molecule has 4 N–H and O–H groups in total. The van der Waals surface area contributed by atoms with Crippen LogP contribution < -0.4 is 0 Å². The lowest BCUT2D eigenvalue weighted by Gasteiger charge is -2.39. The van der Waals surface area contributed by atoms with Gasteiger partial charge in [0, 0.05) is 13.0 Å². The van der Waals surface area contributed by atoms with Gasteiger partial charge in [-0.1, -0.05) is 179 Å². The first kappa shape index (κ1) is 62.1. The molecule has 0 spiro atoms. The third-order valence-electron chi connectivity index (χ3n) is 10.8. The zero-order valence-electron chi connectivity index (χ0n) is 42.0. The normalized spacial score (nSPS) is 20.4. The third kappa shape index (κ3) is 38.0. The summed E-state index contributed by atoms with van der Waals surface area (Å²) >= 11 is 0. The van der Waals surface area contributed by atoms with E-state index in [1.165, 1.54) is 0 Å². The highest BCUT2D eigenvalue weighted by molar-refractivity contribution is 5.69. The minimum Gasteiger partial charge on any atom is -0.457 e. The number of aliphatic hydroxyl groups excluding tert-OH is 4. The summed E-state index contributed by atoms with van der Waals surface area (Å²) in [5, 5.41) is 40.3. The van der Waals surface area contributed by atoms with Crippen molar-refractivity contribution in [3.63, 3.8) is 0 Å². The molecular formula is C59H92O9. The van der Waals surface area contributed by atoms with Crippen LogP contribution in [0.15, 0.2) is 146 Å². The van der Waals surface area contributed by atoms with Crippen molar-refractivity contribution < 1.29 is 44.2 Å². The molecule has 9 heteroatoms. The molecule has 1 fully saturated rings. The second kappa shape index (κ2) is 48.1. The smallest absolute Gasteiger partial charge is 0.306 e. The van der Waals surface area contributed by atoms with Crippen LogP contribution in [0.4, 0.5) is 0 Å². The Kier molecular flexibility index (Phi) is 43.9. The maximum Gasteiger partial charge on any atom is 0.306 e. The number of rotatable bonds is 42. The highest BCUT2D eigenvalue weighted by atomic mass is 16.7. The Labute approximate surface area is 412 Å². The van der Waals surface area contributed by atoms with Gasteiger partial charge >= 0.3 is 5.97 Å². The van der Waals surface area contributed by atoms with Gasteiger partial charge in [0.05, 0.1) is 19.8 Å². The fourth-order valence-corrected chi connectivity index (χ4v) is 6.79. The summed E-state index contributed by atoms with van der Waals surface area (Å²) in [6, 6.07) is 0. The number of esters is 1. The quantitative estimate of drug-likeness (QED) is 0.0268. The number of unbranched alkanes of at least 4 members (excludes halogenated alkanes) is 7. The summed E-state index contributed by atoms with van der Waals surface area (Å²) in [5.74, 6) is -0.362. The van der Waals surface area contributed by atoms with Gasteiger partial charge in [-0.2, -0.15) is 0 Å². The van der Waals surface area contributed by atoms with Crippen LogP contribution in [0.2, 0.25) is 0 Å². The summed E-state index contributed by atoms with van der Waals surface area (Å²) in [7, 11) is 0. The summed E-state index contributed by atoms with van der Waals surface area (Å²) in [4.78, 5) is 12.8. The number of carbonyl (C=O) groups is 1. The molecule has 0 aromatic rings. The van der Waals surface area contributed by atoms with Crippen LogP contribution >= 0.6 is 0 Å². The summed E-state index contributed by atoms with van der Waals surface area (Å²) in [5.41, 5.74) is 0. The first-order valence-electron chi connectivity index (χ1n) is 25.9. The van der Waals surface area contributed by atoms with E-state index in [2.05, 4.69) is 160 Å². The molecule has 68 heavy (non-hydrogen) atoms. The molecule has 0 bridgehead atoms. The van der Waals surface area contributed by atoms with Crippen molar-refractivity contribution in [2.45, 2.75) is 192 Å². The highest BCUT2D eigenvalue weighted by Gasteiger charge is 2.44. The van der Waals surface area contributed by atoms with E-state index in [0.717, 1.165) is 128 Å². The van der Waals surface area contributed by atoms with E-state index < -0.39 is 43.4 Å². The second-order valence-corrected chi connectivity index (χ2v) is 16.8. The van der Waals surface area contributed by atoms with Gasteiger partial charge in [-0.15, -0.1) is 0 Å². The van der Waals surface area contributed by atoms with Crippen molar-refractivity contribution in [1.82, 2.24) is 0 Å². The number of carbonyl (C=O) groups excluding carboxylic acids is 1. The van der Waals surface area contributed by atoms with Crippen molar-refractivity contribution in [1.29, 1.82) is 0 Å². The van der Waals surface area contributed by atoms with Crippen molar-refractivity contribution >= 4 is 5.97 Å². The molecule has 6 unspecified atom stereocenters. The topological polar surface area (TPSA) is 135 Å². The Hall–Kier alpha value is -3.93. The van der Waals surface area contributed by atoms with Gasteiger partial charge in [0.2, 0.25) is 0 Å². The Bertz CT molecular complexity index is 1540. The number of allylic oxidation sites excluding steroid dienone is 24. The fraction of sp³-hybridized carbons (Fsp3) is 0.576. The molecule has 1 heterocycles. The zero-order chi connectivity index (χ0) is 49.2. The number of ether oxygens (including phenoxy) is 4. The van der Waals surface area contributed by atoms with Crippen LogP contribution in [0, 0.1) is 0 Å². The Morgan fingerprint density at radius 2 is 0.853 bits per heavy atom. The molecule has 0 aromatic carbocycles. The van der Waals surface area contributed by atoms with E-state index >= 15 is 0 Å². The molecular weight excluding hydrogens is 853 g/mol. The fourth-order valence-electron chi connectivity index (χ4n) is 6.79. The SMILES string of the molecule is CC/C=C\C/C=C\C/C=C\C/C=C\C/C=C\C/C=C\C/C=C\CCCCCC(=O)OC(COCCCCCC/C=C\C/C=C\C/C=C\C/C=C\C/C=C\CC)COC1OC(CO)C(O)C(O)C1O. The maximum absolute atomic E-state index is 12.8. The van der Waals surface area contributed by atoms with E-state index in [1.807, 2.05) is 0 Å². The molecule has 1 rings (SSSR count). The lowest BCUT2D eigenvalue weighted by Crippen LogP contribution is -2.59. The molecule has 1 aliphatic heterocycles. The van der Waals surface area contributed by atoms with Crippen LogP contribution in [0.25, 0.3) is 0 Å². The van der Waals surface area contributed by atoms with E-state index in [4.69, 9.17) is 18.9 Å². The van der Waals surface area contributed by atoms with Crippen LogP contribution in [-0.4, -0.2) is 89.6 Å². The molecule has 382 valence electrons. The minimum atomic E-state index is -1.56. The molecule has 0 aromatic heterocycles. The first-order valence-corrected chi connectivity index (χ1v) is 25.9. The van der Waals surface area contributed by atoms with Crippen molar-refractivity contribution in [2.75, 3.05) is 26.4 Å². The standard InChI is InChI=1S/C59H92O9/c1-3-5-7-9-11-13-15-17-19-21-23-25-26-27-28-29-30-32-34-36-38-40-42-44-46-48-55(61)67-53(52-66-59-58(64)57(63)56(62)54(50-60)68-59)51-65-49-47-45-43-41-39-37-35-33-31-24-22-20-18-16-14-12-10-8-6-4-2/h5-8,11-14,17-20,23-25,27-28,30-32,35-38,53-54,56-60,62-64H,3-4,9-10,15-16,21-22,26,29,33-34,39-52H2,1-2H3/b7-5-,8-6-,13-11-,14-12-,19-17-,20-18-,25-23-,28-27-,31-24-,32-30-,37-35-,38-36-. The molecule has 6 atom stereocenters. The van der Waals surface area contributed by atoms with E-state index in [1.54, 1.807) is 0 Å². The lowest BCUT2D eigenvalue weighted by molar-refractivity contribution is -0.305. The number of aliphatic hydroxyl groups is 4. The van der Waals surface area contributed by atoms with E-state index in [0.29, 0.717) is 13.0 Å². The minimum absolute atomic E-state index is 0.102. The molecule has 9 nitrogen and oxygen atoms in total. The number of hydrogen-bond donors (Lipinski definition) is 4. The van der Waals surface area contributed by atoms with E-state index in [-0.39, 0.29) is 25.6 Å². The van der Waals surface area contributed by atoms with Crippen molar-refractivity contribution in [3.8, 4) is 0 Å². The van der Waals surface area contributed by atoms with Crippen molar-refractivity contribution in [3.05, 3.63) is 146 Å². The number of hydrogen-bond acceptors (Lipinski definition) is 9. The summed E-state index contributed by atoms with van der Waals surface area (Å²) in [6.07, 6.45) is 65.9. The average molecular weight is 945 g/mol. The molecule has 0 amide bonds. The summed E-state index contributed by atoms with van der Waals surface area (Å²) < 4.78 is 22.8. The predicted molar refractivity (Wildman–Crippen MR) is 283 cm³/mol. The molecule has 1 aliphatic rings. The predicted octanol–water partition coefficient (Wildman–Crippen LogP) is 13.0. The largest absolute Gasteiger partial charge is 0.457 e. The average Bonchev–Trinajstić information content (AvgIpc) is 3.34. The van der Waals surface area contributed by atoms with Gasteiger partial charge in [0.25, 0.3) is 0 Å². The lowest BCUT2D eigenvalue weighted by atomic mass is 9.99. The Morgan fingerprint density at radius 1 is 0.471 bits per heavy atom. The van der Waals surface area contributed by atoms with Crippen molar-refractivity contribution in [2.24, 2.45) is 0 Å². The molecule has 0 aliphatic carbocycles. The maximum atomic E-state index is 12.8. The van der Waals surface area contributed by atoms with Gasteiger partial charge < -0.3 is 39.4 Å². The van der Waals surface area contributed by atoms with E-state index in [9.17, 15) is 25.2 Å². The molecule has 1 saturated heterocycles. The van der Waals surface area contributed by atoms with Gasteiger partial charge in [-0.05, 0) is 116 Å². The molecule has 0 radical (unpaired) electrons. The van der Waals surface area contributed by atoms with Crippen LogP contribution in [0.1, 0.15) is 155 Å². The third-order valence-corrected chi connectivity index (χ3v) is 10.8. The van der Waals surface area contributed by atoms with Crippen LogP contribution in [-0.2, 0) is 23.7 Å². The van der Waals surface area contributed by atoms with Crippen LogP contribution in [0.3, 0.4) is 0 Å². The first-order chi connectivity index (χ1) is 33.4. The summed E-state index contributed by atoms with van der Waals surface area (Å²) in [6.45, 7) is 4.19. The Morgan fingerprint density at radius 3 is 1.26 bits per heavy atom. The zero-order valence-corrected chi connectivity index (χ0v) is 42.0. The van der Waals surface area contributed by atoms with Gasteiger partial charge in [-0.3, -0.25) is 4.79 Å². The van der Waals surface area contributed by atoms with Crippen LogP contribution in [0.5, 0.6) is 0 Å². The van der Waals surface area contributed by atoms with Gasteiger partial charge in [0.15, 0.2) is 6.29 Å². The monoisotopic (exact) mass is 945 g/mol.